The molecule has 0 bridgehead atoms. The van der Waals surface area contributed by atoms with Gasteiger partial charge in [0, 0.05) is 24.5 Å². The molecule has 1 saturated carbocycles. The smallest absolute Gasteiger partial charge is 0.455 e. The van der Waals surface area contributed by atoms with Gasteiger partial charge in [-0.15, -0.1) is 0 Å². The Morgan fingerprint density at radius 3 is 2.33 bits per heavy atom. The molecule has 1 amide bonds. The topological polar surface area (TPSA) is 129 Å². The predicted molar refractivity (Wildman–Crippen MR) is 148 cm³/mol. The molecule has 1 fully saturated rings. The number of amides is 1. The lowest BCUT2D eigenvalue weighted by atomic mass is 9.79. The van der Waals surface area contributed by atoms with Gasteiger partial charge in [-0.1, -0.05) is 12.1 Å². The molecule has 0 unspecified atom stereocenters. The first-order chi connectivity index (χ1) is 19.8. The van der Waals surface area contributed by atoms with E-state index in [9.17, 15) is 40.8 Å². The third kappa shape index (κ3) is 6.21. The lowest BCUT2D eigenvalue weighted by Crippen LogP contribution is -2.32. The fraction of sp³-hybridized carbons (Fsp3) is 0.250. The number of alkyl halides is 3. The van der Waals surface area contributed by atoms with Crippen LogP contribution in [0.5, 0.6) is 0 Å². The molecule has 4 N–H and O–H groups in total. The largest absolute Gasteiger partial charge is 0.488 e. The van der Waals surface area contributed by atoms with E-state index in [1.165, 1.54) is 37.4 Å². The van der Waals surface area contributed by atoms with E-state index in [1.807, 2.05) is 0 Å². The molecule has 220 valence electrons. The van der Waals surface area contributed by atoms with Crippen LogP contribution in [-0.2, 0) is 28.5 Å². The fourth-order valence-electron chi connectivity index (χ4n) is 4.87. The first-order valence-corrected chi connectivity index (χ1v) is 14.5. The van der Waals surface area contributed by atoms with Gasteiger partial charge in [-0.3, -0.25) is 4.79 Å². The van der Waals surface area contributed by atoms with E-state index in [1.54, 1.807) is 6.07 Å². The Morgan fingerprint density at radius 1 is 1.05 bits per heavy atom. The first-order valence-electron chi connectivity index (χ1n) is 12.9. The molecule has 4 aromatic rings. The molecule has 1 aliphatic rings. The Morgan fingerprint density at radius 2 is 1.74 bits per heavy atom. The molecule has 0 radical (unpaired) electrons. The third-order valence-corrected chi connectivity index (χ3v) is 8.37. The lowest BCUT2D eigenvalue weighted by Gasteiger charge is -2.16. The average Bonchev–Trinajstić information content (AvgIpc) is 3.71. The van der Waals surface area contributed by atoms with E-state index in [4.69, 9.17) is 4.42 Å². The van der Waals surface area contributed by atoms with E-state index >= 15 is 0 Å². The SMILES string of the molecule is CNC(=O)c1c(-c2ccc(F)cc2)oc2cc(CS(=O)(=O)NCc3ccc(B(O)O)cc3C(F)(F)F)c(C3CC3)cc12. The van der Waals surface area contributed by atoms with Crippen LogP contribution in [0.15, 0.2) is 59.0 Å². The van der Waals surface area contributed by atoms with Crippen molar-refractivity contribution < 1.29 is 45.2 Å². The third-order valence-electron chi connectivity index (χ3n) is 7.09. The van der Waals surface area contributed by atoms with Gasteiger partial charge < -0.3 is 19.8 Å². The van der Waals surface area contributed by atoms with Crippen molar-refractivity contribution in [2.75, 3.05) is 7.05 Å². The summed E-state index contributed by atoms with van der Waals surface area (Å²) in [6.45, 7) is -0.684. The molecule has 0 spiro atoms. The Balaban J connectivity index is 1.50. The van der Waals surface area contributed by atoms with Crippen LogP contribution in [0.4, 0.5) is 17.6 Å². The second-order valence-electron chi connectivity index (χ2n) is 10.1. The van der Waals surface area contributed by atoms with Gasteiger partial charge in [0.2, 0.25) is 10.0 Å². The molecule has 1 aliphatic carbocycles. The number of rotatable bonds is 9. The number of hydrogen-bond acceptors (Lipinski definition) is 6. The predicted octanol–water partition coefficient (Wildman–Crippen LogP) is 3.79. The summed E-state index contributed by atoms with van der Waals surface area (Å²) in [6, 6.07) is 11.2. The molecule has 0 saturated heterocycles. The highest BCUT2D eigenvalue weighted by atomic mass is 32.2. The monoisotopic (exact) mass is 604 g/mol. The molecule has 8 nitrogen and oxygen atoms in total. The summed E-state index contributed by atoms with van der Waals surface area (Å²) in [6.07, 6.45) is -3.27. The van der Waals surface area contributed by atoms with Crippen molar-refractivity contribution in [3.05, 3.63) is 88.2 Å². The highest BCUT2D eigenvalue weighted by Gasteiger charge is 2.35. The molecule has 42 heavy (non-hydrogen) atoms. The number of nitrogens with one attached hydrogen (secondary N) is 2. The van der Waals surface area contributed by atoms with Crippen molar-refractivity contribution in [3.8, 4) is 11.3 Å². The summed E-state index contributed by atoms with van der Waals surface area (Å²) >= 11 is 0. The zero-order chi connectivity index (χ0) is 30.4. The summed E-state index contributed by atoms with van der Waals surface area (Å²) in [5.41, 5.74) is -0.0391. The minimum Gasteiger partial charge on any atom is -0.455 e. The Bertz CT molecular complexity index is 1770. The van der Waals surface area contributed by atoms with E-state index in [2.05, 4.69) is 10.0 Å². The molecule has 3 aromatic carbocycles. The van der Waals surface area contributed by atoms with Gasteiger partial charge in [0.15, 0.2) is 0 Å². The summed E-state index contributed by atoms with van der Waals surface area (Å²) < 4.78 is 88.9. The van der Waals surface area contributed by atoms with Crippen molar-refractivity contribution in [2.45, 2.75) is 37.2 Å². The minimum atomic E-state index is -4.86. The zero-order valence-electron chi connectivity index (χ0n) is 22.1. The Labute approximate surface area is 238 Å². The Hall–Kier alpha value is -3.72. The number of hydrogen-bond donors (Lipinski definition) is 4. The fourth-order valence-corrected chi connectivity index (χ4v) is 6.01. The van der Waals surface area contributed by atoms with E-state index in [0.29, 0.717) is 28.1 Å². The van der Waals surface area contributed by atoms with Crippen molar-refractivity contribution in [1.29, 1.82) is 0 Å². The highest BCUT2D eigenvalue weighted by molar-refractivity contribution is 7.88. The number of fused-ring (bicyclic) bond motifs is 1. The summed E-state index contributed by atoms with van der Waals surface area (Å²) in [5, 5.41) is 21.5. The number of furan rings is 1. The second-order valence-corrected chi connectivity index (χ2v) is 11.9. The zero-order valence-corrected chi connectivity index (χ0v) is 22.9. The van der Waals surface area contributed by atoms with Crippen LogP contribution in [0.1, 0.15) is 51.4 Å². The molecule has 1 aromatic heterocycles. The van der Waals surface area contributed by atoms with Crippen LogP contribution < -0.4 is 15.5 Å². The quantitative estimate of drug-likeness (QED) is 0.170. The van der Waals surface area contributed by atoms with Crippen LogP contribution in [-0.4, -0.2) is 38.5 Å². The number of carbonyl (C=O) groups excluding carboxylic acids is 1. The maximum Gasteiger partial charge on any atom is 0.488 e. The second kappa shape index (κ2) is 11.2. The van der Waals surface area contributed by atoms with Crippen LogP contribution in [0.2, 0.25) is 0 Å². The van der Waals surface area contributed by atoms with Crippen molar-refractivity contribution in [1.82, 2.24) is 10.0 Å². The molecule has 14 heteroatoms. The normalized spacial score (nSPS) is 13.9. The number of sulfonamides is 1. The molecular weight excluding hydrogens is 579 g/mol. The van der Waals surface area contributed by atoms with Crippen molar-refractivity contribution in [2.24, 2.45) is 0 Å². The van der Waals surface area contributed by atoms with Crippen molar-refractivity contribution in [3.63, 3.8) is 0 Å². The van der Waals surface area contributed by atoms with Gasteiger partial charge in [0.25, 0.3) is 5.91 Å². The summed E-state index contributed by atoms with van der Waals surface area (Å²) in [5.74, 6) is -1.27. The van der Waals surface area contributed by atoms with Crippen LogP contribution in [0, 0.1) is 5.82 Å². The van der Waals surface area contributed by atoms with Gasteiger partial charge in [-0.25, -0.2) is 17.5 Å². The van der Waals surface area contributed by atoms with Crippen LogP contribution in [0.3, 0.4) is 0 Å². The van der Waals surface area contributed by atoms with Crippen LogP contribution >= 0.6 is 0 Å². The van der Waals surface area contributed by atoms with Gasteiger partial charge >= 0.3 is 13.3 Å². The summed E-state index contributed by atoms with van der Waals surface area (Å²) in [7, 11) is -4.85. The molecule has 1 heterocycles. The number of benzene rings is 3. The van der Waals surface area contributed by atoms with E-state index in [-0.39, 0.29) is 28.3 Å². The average molecular weight is 604 g/mol. The van der Waals surface area contributed by atoms with Crippen molar-refractivity contribution >= 4 is 39.5 Å². The standard InChI is InChI=1S/C28H25BF4N2O6S/c1-34-27(36)25-22-12-21(15-2-3-15)18(10-24(22)41-26(25)16-5-8-20(30)9-6-16)14-42(39,40)35-13-17-4-7-19(29(37)38)11-23(17)28(31,32)33/h4-12,15,35,37-38H,2-3,13-14H2,1H3,(H,34,36). The van der Waals surface area contributed by atoms with E-state index < -0.39 is 58.5 Å². The maximum absolute atomic E-state index is 13.6. The highest BCUT2D eigenvalue weighted by Crippen LogP contribution is 2.45. The summed E-state index contributed by atoms with van der Waals surface area (Å²) in [4.78, 5) is 12.9. The molecule has 0 aliphatic heterocycles. The lowest BCUT2D eigenvalue weighted by molar-refractivity contribution is -0.138. The van der Waals surface area contributed by atoms with Gasteiger partial charge in [-0.2, -0.15) is 13.2 Å². The molecular formula is C28H25BF4N2O6S. The number of halogens is 4. The van der Waals surface area contributed by atoms with Crippen LogP contribution in [0.25, 0.3) is 22.3 Å². The number of carbonyl (C=O) groups is 1. The maximum atomic E-state index is 13.6. The van der Waals surface area contributed by atoms with Gasteiger partial charge in [0.1, 0.15) is 17.2 Å². The molecule has 0 atom stereocenters. The minimum absolute atomic E-state index is 0.0376. The Kier molecular flexibility index (Phi) is 7.92. The molecule has 5 rings (SSSR count). The van der Waals surface area contributed by atoms with E-state index in [0.717, 1.165) is 25.0 Å². The van der Waals surface area contributed by atoms with Gasteiger partial charge in [0.05, 0.1) is 16.9 Å². The first kappa shape index (κ1) is 29.8. The van der Waals surface area contributed by atoms with Gasteiger partial charge in [-0.05, 0) is 83.4 Å².